The number of aryl methyl sites for hydroxylation is 1. The van der Waals surface area contributed by atoms with Crippen molar-refractivity contribution in [2.45, 2.75) is 26.7 Å². The molecular formula is C21H22FN5O2. The monoisotopic (exact) mass is 395 g/mol. The number of anilines is 1. The van der Waals surface area contributed by atoms with Gasteiger partial charge in [-0.05, 0) is 50.2 Å². The number of hydrogen-bond donors (Lipinski definition) is 2. The minimum Gasteiger partial charge on any atom is -0.355 e. The first kappa shape index (κ1) is 20.2. The van der Waals surface area contributed by atoms with Crippen molar-refractivity contribution in [2.75, 3.05) is 11.9 Å². The lowest BCUT2D eigenvalue weighted by Crippen LogP contribution is -2.29. The Morgan fingerprint density at radius 3 is 2.55 bits per heavy atom. The van der Waals surface area contributed by atoms with E-state index >= 15 is 0 Å². The van der Waals surface area contributed by atoms with Crippen LogP contribution in [0.2, 0.25) is 0 Å². The molecule has 3 rings (SSSR count). The fourth-order valence-electron chi connectivity index (χ4n) is 2.96. The second kappa shape index (κ2) is 9.09. The standard InChI is InChI=1S/C21H22FN5O2/c1-14-19(15(2)27(26-14)18-7-5-16(22)6-8-18)12-21(29)24-11-9-20(28)25-17-4-3-10-23-13-17/h3-8,10,13H,9,11-12H2,1-2H3,(H,24,29)(H,25,28). The van der Waals surface area contributed by atoms with Gasteiger partial charge < -0.3 is 10.6 Å². The van der Waals surface area contributed by atoms with Crippen LogP contribution in [0.15, 0.2) is 48.8 Å². The van der Waals surface area contributed by atoms with Crippen molar-refractivity contribution in [3.63, 3.8) is 0 Å². The molecule has 2 N–H and O–H groups in total. The second-order valence-electron chi connectivity index (χ2n) is 6.60. The number of carbonyl (C=O) groups excluding carboxylic acids is 2. The molecule has 3 aromatic rings. The molecule has 0 radical (unpaired) electrons. The van der Waals surface area contributed by atoms with Crippen LogP contribution >= 0.6 is 0 Å². The molecular weight excluding hydrogens is 373 g/mol. The van der Waals surface area contributed by atoms with Crippen LogP contribution < -0.4 is 10.6 Å². The zero-order valence-corrected chi connectivity index (χ0v) is 16.3. The van der Waals surface area contributed by atoms with Crippen LogP contribution in [0.4, 0.5) is 10.1 Å². The molecule has 0 bridgehead atoms. The van der Waals surface area contributed by atoms with Crippen LogP contribution in [-0.4, -0.2) is 33.1 Å². The van der Waals surface area contributed by atoms with E-state index in [1.54, 1.807) is 41.3 Å². The largest absolute Gasteiger partial charge is 0.355 e. The highest BCUT2D eigenvalue weighted by atomic mass is 19.1. The van der Waals surface area contributed by atoms with Gasteiger partial charge in [0.2, 0.25) is 11.8 Å². The zero-order chi connectivity index (χ0) is 20.8. The number of pyridine rings is 1. The summed E-state index contributed by atoms with van der Waals surface area (Å²) in [6.45, 7) is 3.93. The van der Waals surface area contributed by atoms with Crippen LogP contribution in [0.3, 0.4) is 0 Å². The Labute approximate surface area is 168 Å². The van der Waals surface area contributed by atoms with Gasteiger partial charge in [0.05, 0.1) is 29.7 Å². The number of nitrogens with one attached hydrogen (secondary N) is 2. The van der Waals surface area contributed by atoms with Crippen molar-refractivity contribution >= 4 is 17.5 Å². The highest BCUT2D eigenvalue weighted by Crippen LogP contribution is 2.18. The van der Waals surface area contributed by atoms with Crippen LogP contribution in [0.5, 0.6) is 0 Å². The summed E-state index contributed by atoms with van der Waals surface area (Å²) in [5, 5.41) is 9.94. The zero-order valence-electron chi connectivity index (χ0n) is 16.3. The number of carbonyl (C=O) groups is 2. The number of halogens is 1. The van der Waals surface area contributed by atoms with Crippen molar-refractivity contribution in [1.29, 1.82) is 0 Å². The van der Waals surface area contributed by atoms with E-state index in [2.05, 4.69) is 20.7 Å². The number of hydrogen-bond acceptors (Lipinski definition) is 4. The summed E-state index contributed by atoms with van der Waals surface area (Å²) in [6, 6.07) is 9.49. The summed E-state index contributed by atoms with van der Waals surface area (Å²) in [5.74, 6) is -0.707. The molecule has 150 valence electrons. The summed E-state index contributed by atoms with van der Waals surface area (Å²) in [4.78, 5) is 28.1. The van der Waals surface area contributed by atoms with Crippen LogP contribution in [0, 0.1) is 19.7 Å². The fourth-order valence-corrected chi connectivity index (χ4v) is 2.96. The molecule has 29 heavy (non-hydrogen) atoms. The topological polar surface area (TPSA) is 88.9 Å². The Bertz CT molecular complexity index is 1000. The lowest BCUT2D eigenvalue weighted by atomic mass is 10.1. The lowest BCUT2D eigenvalue weighted by molar-refractivity contribution is -0.120. The maximum absolute atomic E-state index is 13.1. The molecule has 0 atom stereocenters. The van der Waals surface area contributed by atoms with Gasteiger partial charge in [-0.2, -0.15) is 5.10 Å². The van der Waals surface area contributed by atoms with Gasteiger partial charge in [0.25, 0.3) is 0 Å². The molecule has 0 saturated carbocycles. The van der Waals surface area contributed by atoms with Crippen molar-refractivity contribution < 1.29 is 14.0 Å². The number of nitrogens with zero attached hydrogens (tertiary/aromatic N) is 3. The van der Waals surface area contributed by atoms with Gasteiger partial charge in [-0.25, -0.2) is 9.07 Å². The number of rotatable bonds is 7. The van der Waals surface area contributed by atoms with Gasteiger partial charge in [0, 0.05) is 30.4 Å². The predicted octanol–water partition coefficient (Wildman–Crippen LogP) is 2.71. The molecule has 0 aliphatic carbocycles. The maximum Gasteiger partial charge on any atom is 0.226 e. The quantitative estimate of drug-likeness (QED) is 0.644. The number of benzene rings is 1. The fraction of sp³-hybridized carbons (Fsp3) is 0.238. The van der Waals surface area contributed by atoms with E-state index < -0.39 is 0 Å². The minimum absolute atomic E-state index is 0.156. The Morgan fingerprint density at radius 2 is 1.86 bits per heavy atom. The molecule has 0 unspecified atom stereocenters. The lowest BCUT2D eigenvalue weighted by Gasteiger charge is -2.08. The summed E-state index contributed by atoms with van der Waals surface area (Å²) < 4.78 is 14.8. The predicted molar refractivity (Wildman–Crippen MR) is 107 cm³/mol. The van der Waals surface area contributed by atoms with E-state index in [9.17, 15) is 14.0 Å². The SMILES string of the molecule is Cc1nn(-c2ccc(F)cc2)c(C)c1CC(=O)NCCC(=O)Nc1cccnc1. The van der Waals surface area contributed by atoms with Crippen molar-refractivity contribution in [3.8, 4) is 5.69 Å². The van der Waals surface area contributed by atoms with Crippen molar-refractivity contribution in [3.05, 3.63) is 71.6 Å². The van der Waals surface area contributed by atoms with E-state index in [0.29, 0.717) is 5.69 Å². The third-order valence-corrected chi connectivity index (χ3v) is 4.47. The van der Waals surface area contributed by atoms with Gasteiger partial charge in [-0.3, -0.25) is 14.6 Å². The van der Waals surface area contributed by atoms with Crippen LogP contribution in [-0.2, 0) is 16.0 Å². The van der Waals surface area contributed by atoms with E-state index in [-0.39, 0.29) is 37.0 Å². The molecule has 2 amide bonds. The molecule has 2 aromatic heterocycles. The highest BCUT2D eigenvalue weighted by Gasteiger charge is 2.16. The molecule has 2 heterocycles. The van der Waals surface area contributed by atoms with Gasteiger partial charge in [-0.15, -0.1) is 0 Å². The first-order valence-electron chi connectivity index (χ1n) is 9.21. The van der Waals surface area contributed by atoms with E-state index in [4.69, 9.17) is 0 Å². The number of amides is 2. The summed E-state index contributed by atoms with van der Waals surface area (Å²) >= 11 is 0. The van der Waals surface area contributed by atoms with Gasteiger partial charge in [0.1, 0.15) is 5.82 Å². The summed E-state index contributed by atoms with van der Waals surface area (Å²) in [7, 11) is 0. The first-order valence-corrected chi connectivity index (χ1v) is 9.21. The van der Waals surface area contributed by atoms with Gasteiger partial charge in [0.15, 0.2) is 0 Å². The van der Waals surface area contributed by atoms with E-state index in [1.165, 1.54) is 12.1 Å². The molecule has 0 fully saturated rings. The average Bonchev–Trinajstić information content (AvgIpc) is 2.97. The first-order chi connectivity index (χ1) is 13.9. The number of aromatic nitrogens is 3. The third-order valence-electron chi connectivity index (χ3n) is 4.47. The molecule has 0 aliphatic heterocycles. The molecule has 0 aliphatic rings. The van der Waals surface area contributed by atoms with Crippen molar-refractivity contribution in [1.82, 2.24) is 20.1 Å². The van der Waals surface area contributed by atoms with E-state index in [1.807, 2.05) is 13.8 Å². The second-order valence-corrected chi connectivity index (χ2v) is 6.60. The third kappa shape index (κ3) is 5.25. The Hall–Kier alpha value is -3.55. The summed E-state index contributed by atoms with van der Waals surface area (Å²) in [5.41, 5.74) is 3.70. The van der Waals surface area contributed by atoms with Crippen LogP contribution in [0.25, 0.3) is 5.69 Å². The highest BCUT2D eigenvalue weighted by molar-refractivity contribution is 5.91. The molecule has 8 heteroatoms. The van der Waals surface area contributed by atoms with Gasteiger partial charge >= 0.3 is 0 Å². The molecule has 1 aromatic carbocycles. The summed E-state index contributed by atoms with van der Waals surface area (Å²) in [6.07, 6.45) is 3.50. The maximum atomic E-state index is 13.1. The van der Waals surface area contributed by atoms with Gasteiger partial charge in [-0.1, -0.05) is 0 Å². The molecule has 0 spiro atoms. The smallest absolute Gasteiger partial charge is 0.226 e. The average molecular weight is 395 g/mol. The Balaban J connectivity index is 1.54. The Morgan fingerprint density at radius 1 is 1.10 bits per heavy atom. The molecule has 0 saturated heterocycles. The molecule has 7 nitrogen and oxygen atoms in total. The van der Waals surface area contributed by atoms with Crippen molar-refractivity contribution in [2.24, 2.45) is 0 Å². The van der Waals surface area contributed by atoms with E-state index in [0.717, 1.165) is 22.6 Å². The van der Waals surface area contributed by atoms with Crippen LogP contribution in [0.1, 0.15) is 23.4 Å². The Kier molecular flexibility index (Phi) is 6.33. The minimum atomic E-state index is -0.317. The normalized spacial score (nSPS) is 10.6.